The van der Waals surface area contributed by atoms with Crippen LogP contribution in [0.1, 0.15) is 16.1 Å². The first-order valence-corrected chi connectivity index (χ1v) is 9.47. The molecule has 4 rings (SSSR count). The third-order valence-corrected chi connectivity index (χ3v) is 5.10. The van der Waals surface area contributed by atoms with Crippen LogP contribution in [0.3, 0.4) is 0 Å². The van der Waals surface area contributed by atoms with Gasteiger partial charge in [-0.2, -0.15) is 0 Å². The molecule has 0 spiro atoms. The Morgan fingerprint density at radius 3 is 2.62 bits per heavy atom. The highest BCUT2D eigenvalue weighted by atomic mass is 19.1. The lowest BCUT2D eigenvalue weighted by Crippen LogP contribution is -2.45. The summed E-state index contributed by atoms with van der Waals surface area (Å²) in [6.07, 6.45) is 1.58. The van der Waals surface area contributed by atoms with Gasteiger partial charge >= 0.3 is 0 Å². The zero-order chi connectivity index (χ0) is 20.4. The number of fused-ring (bicyclic) bond motifs is 1. The van der Waals surface area contributed by atoms with Crippen LogP contribution in [0, 0.1) is 5.82 Å². The van der Waals surface area contributed by atoms with Crippen molar-refractivity contribution >= 4 is 22.6 Å². The fourth-order valence-electron chi connectivity index (χ4n) is 3.39. The molecule has 29 heavy (non-hydrogen) atoms. The normalized spacial score (nSPS) is 14.9. The van der Waals surface area contributed by atoms with E-state index in [9.17, 15) is 14.3 Å². The molecule has 1 aliphatic rings. The second-order valence-corrected chi connectivity index (χ2v) is 7.13. The molecule has 1 saturated heterocycles. The maximum Gasteiger partial charge on any atom is 0.274 e. The quantitative estimate of drug-likeness (QED) is 0.705. The van der Waals surface area contributed by atoms with Gasteiger partial charge in [-0.1, -0.05) is 12.1 Å². The highest BCUT2D eigenvalue weighted by Gasteiger charge is 2.24. The van der Waals surface area contributed by atoms with E-state index in [0.717, 1.165) is 31.7 Å². The molecule has 0 radical (unpaired) electrons. The maximum atomic E-state index is 13.1. The van der Waals surface area contributed by atoms with Gasteiger partial charge in [-0.25, -0.2) is 9.37 Å². The Labute approximate surface area is 167 Å². The molecule has 0 aliphatic carbocycles. The van der Waals surface area contributed by atoms with E-state index >= 15 is 0 Å². The largest absolute Gasteiger partial charge is 0.504 e. The number of nitrogens with one attached hydrogen (secondary N) is 1. The monoisotopic (exact) mass is 395 g/mol. The van der Waals surface area contributed by atoms with E-state index in [1.807, 2.05) is 6.07 Å². The number of rotatable bonds is 4. The van der Waals surface area contributed by atoms with Crippen molar-refractivity contribution in [2.45, 2.75) is 6.54 Å². The average molecular weight is 395 g/mol. The Hall–Kier alpha value is -3.26. The maximum absolute atomic E-state index is 13.1. The second-order valence-electron chi connectivity index (χ2n) is 7.13. The summed E-state index contributed by atoms with van der Waals surface area (Å²) >= 11 is 0. The standard InChI is InChI=1S/C21H22FN5O2/c1-26-9-11-27(12-10-26)20-16-3-2-8-23-17(16)19(28)18(25-20)21(29)24-13-14-4-6-15(22)7-5-14/h2-8,28H,9-13H2,1H3,(H,24,29). The summed E-state index contributed by atoms with van der Waals surface area (Å²) in [5, 5.41) is 14.1. The molecule has 1 aliphatic heterocycles. The number of hydrogen-bond acceptors (Lipinski definition) is 6. The molecule has 0 saturated carbocycles. The van der Waals surface area contributed by atoms with Gasteiger partial charge < -0.3 is 20.2 Å². The number of aromatic hydroxyl groups is 1. The molecule has 7 nitrogen and oxygen atoms in total. The number of benzene rings is 1. The molecule has 0 bridgehead atoms. The first-order chi connectivity index (χ1) is 14.0. The van der Waals surface area contributed by atoms with Gasteiger partial charge in [0.05, 0.1) is 0 Å². The van der Waals surface area contributed by atoms with E-state index < -0.39 is 5.91 Å². The predicted molar refractivity (Wildman–Crippen MR) is 108 cm³/mol. The van der Waals surface area contributed by atoms with Crippen molar-refractivity contribution in [3.05, 3.63) is 59.7 Å². The van der Waals surface area contributed by atoms with E-state index in [-0.39, 0.29) is 23.8 Å². The highest BCUT2D eigenvalue weighted by molar-refractivity contribution is 6.03. The smallest absolute Gasteiger partial charge is 0.274 e. The van der Waals surface area contributed by atoms with Gasteiger partial charge in [0.15, 0.2) is 11.4 Å². The summed E-state index contributed by atoms with van der Waals surface area (Å²) in [4.78, 5) is 25.9. The molecule has 1 fully saturated rings. The molecule has 150 valence electrons. The summed E-state index contributed by atoms with van der Waals surface area (Å²) in [6, 6.07) is 9.51. The van der Waals surface area contributed by atoms with Crippen molar-refractivity contribution < 1.29 is 14.3 Å². The van der Waals surface area contributed by atoms with Crippen LogP contribution >= 0.6 is 0 Å². The minimum atomic E-state index is -0.505. The van der Waals surface area contributed by atoms with Crippen molar-refractivity contribution in [1.82, 2.24) is 20.2 Å². The minimum absolute atomic E-state index is 0.0627. The fraction of sp³-hybridized carbons (Fsp3) is 0.286. The van der Waals surface area contributed by atoms with Gasteiger partial charge in [-0.15, -0.1) is 0 Å². The topological polar surface area (TPSA) is 81.6 Å². The molecule has 0 unspecified atom stereocenters. The lowest BCUT2D eigenvalue weighted by atomic mass is 10.1. The highest BCUT2D eigenvalue weighted by Crippen LogP contribution is 2.32. The third kappa shape index (κ3) is 3.97. The molecule has 3 aromatic rings. The lowest BCUT2D eigenvalue weighted by Gasteiger charge is -2.34. The van der Waals surface area contributed by atoms with Crippen molar-refractivity contribution in [3.63, 3.8) is 0 Å². The first kappa shape index (κ1) is 19.1. The Balaban J connectivity index is 1.65. The van der Waals surface area contributed by atoms with E-state index in [0.29, 0.717) is 16.7 Å². The predicted octanol–water partition coefficient (Wildman–Crippen LogP) is 2.16. The number of halogens is 1. The van der Waals surface area contributed by atoms with Crippen LogP contribution in [0.5, 0.6) is 5.75 Å². The summed E-state index contributed by atoms with van der Waals surface area (Å²) in [7, 11) is 2.07. The molecule has 1 amide bonds. The van der Waals surface area contributed by atoms with Crippen molar-refractivity contribution in [2.75, 3.05) is 38.1 Å². The van der Waals surface area contributed by atoms with Gasteiger partial charge in [0.2, 0.25) is 0 Å². The van der Waals surface area contributed by atoms with Gasteiger partial charge in [-0.05, 0) is 36.9 Å². The van der Waals surface area contributed by atoms with Crippen molar-refractivity contribution in [3.8, 4) is 5.75 Å². The van der Waals surface area contributed by atoms with E-state index in [2.05, 4.69) is 32.1 Å². The zero-order valence-electron chi connectivity index (χ0n) is 16.1. The van der Waals surface area contributed by atoms with E-state index in [1.165, 1.54) is 12.1 Å². The zero-order valence-corrected chi connectivity index (χ0v) is 16.1. The number of hydrogen-bond donors (Lipinski definition) is 2. The van der Waals surface area contributed by atoms with Gasteiger partial charge in [-0.3, -0.25) is 9.78 Å². The fourth-order valence-corrected chi connectivity index (χ4v) is 3.39. The van der Waals surface area contributed by atoms with Gasteiger partial charge in [0.1, 0.15) is 17.2 Å². The van der Waals surface area contributed by atoms with E-state index in [4.69, 9.17) is 0 Å². The number of amides is 1. The number of carbonyl (C=O) groups is 1. The van der Waals surface area contributed by atoms with Gasteiger partial charge in [0.25, 0.3) is 5.91 Å². The molecule has 2 N–H and O–H groups in total. The molecule has 1 aromatic carbocycles. The molecule has 0 atom stereocenters. The van der Waals surface area contributed by atoms with Crippen LogP contribution in [0.2, 0.25) is 0 Å². The number of aromatic nitrogens is 2. The molecular formula is C21H22FN5O2. The first-order valence-electron chi connectivity index (χ1n) is 9.47. The summed E-state index contributed by atoms with van der Waals surface area (Å²) in [5.41, 5.74) is 1.04. The van der Waals surface area contributed by atoms with Crippen molar-refractivity contribution in [2.24, 2.45) is 0 Å². The Morgan fingerprint density at radius 1 is 1.17 bits per heavy atom. The lowest BCUT2D eigenvalue weighted by molar-refractivity contribution is 0.0943. The number of likely N-dealkylation sites (N-methyl/N-ethyl adjacent to an activating group) is 1. The third-order valence-electron chi connectivity index (χ3n) is 5.10. The van der Waals surface area contributed by atoms with Crippen LogP contribution in [0.4, 0.5) is 10.2 Å². The average Bonchev–Trinajstić information content (AvgIpc) is 2.74. The Bertz CT molecular complexity index is 1030. The SMILES string of the molecule is CN1CCN(c2nc(C(=O)NCc3ccc(F)cc3)c(O)c3ncccc23)CC1. The van der Waals surface area contributed by atoms with Crippen molar-refractivity contribution in [1.29, 1.82) is 0 Å². The van der Waals surface area contributed by atoms with Crippen LogP contribution in [-0.4, -0.2) is 59.1 Å². The Kier molecular flexibility index (Phi) is 5.26. The van der Waals surface area contributed by atoms with Gasteiger partial charge in [0, 0.05) is 44.3 Å². The molecule has 8 heteroatoms. The number of pyridine rings is 2. The van der Waals surface area contributed by atoms with Crippen LogP contribution in [0.25, 0.3) is 10.9 Å². The van der Waals surface area contributed by atoms with Crippen LogP contribution in [0.15, 0.2) is 42.6 Å². The molecular weight excluding hydrogens is 373 g/mol. The number of carbonyl (C=O) groups excluding carboxylic acids is 1. The molecule has 3 heterocycles. The molecule has 2 aromatic heterocycles. The number of anilines is 1. The number of nitrogens with zero attached hydrogens (tertiary/aromatic N) is 4. The van der Waals surface area contributed by atoms with Crippen LogP contribution < -0.4 is 10.2 Å². The number of piperazine rings is 1. The summed E-state index contributed by atoms with van der Waals surface area (Å²) in [5.74, 6) is -0.437. The second kappa shape index (κ2) is 8.00. The summed E-state index contributed by atoms with van der Waals surface area (Å²) in [6.45, 7) is 3.51. The van der Waals surface area contributed by atoms with Crippen LogP contribution in [-0.2, 0) is 6.54 Å². The Morgan fingerprint density at radius 2 is 1.90 bits per heavy atom. The minimum Gasteiger partial charge on any atom is -0.504 e. The summed E-state index contributed by atoms with van der Waals surface area (Å²) < 4.78 is 13.1. The van der Waals surface area contributed by atoms with E-state index in [1.54, 1.807) is 24.4 Å².